The minimum absolute atomic E-state index is 0.848. The third-order valence-electron chi connectivity index (χ3n) is 2.14. The van der Waals surface area contributed by atoms with E-state index in [0.717, 1.165) is 19.0 Å². The summed E-state index contributed by atoms with van der Waals surface area (Å²) in [6.45, 7) is 8.89. The van der Waals surface area contributed by atoms with Crippen LogP contribution in [-0.2, 0) is 0 Å². The Bertz CT molecular complexity index is 108. The van der Waals surface area contributed by atoms with Gasteiger partial charge in [-0.3, -0.25) is 0 Å². The van der Waals surface area contributed by atoms with E-state index in [1.165, 1.54) is 19.3 Å². The lowest BCUT2D eigenvalue weighted by Crippen LogP contribution is -2.12. The monoisotopic (exact) mass is 169 g/mol. The van der Waals surface area contributed by atoms with Gasteiger partial charge in [0.2, 0.25) is 0 Å². The van der Waals surface area contributed by atoms with E-state index in [9.17, 15) is 0 Å². The molecule has 0 aliphatic carbocycles. The summed E-state index contributed by atoms with van der Waals surface area (Å²) in [6.07, 6.45) is 8.30. The molecule has 0 aromatic heterocycles. The highest BCUT2D eigenvalue weighted by Crippen LogP contribution is 2.06. The van der Waals surface area contributed by atoms with Crippen molar-refractivity contribution in [1.82, 2.24) is 5.32 Å². The second kappa shape index (κ2) is 8.79. The molecule has 0 aliphatic rings. The lowest BCUT2D eigenvalue weighted by atomic mass is 10.1. The van der Waals surface area contributed by atoms with Gasteiger partial charge in [-0.1, -0.05) is 39.3 Å². The normalized spacial score (nSPS) is 13.9. The Morgan fingerprint density at radius 1 is 1.25 bits per heavy atom. The van der Waals surface area contributed by atoms with Gasteiger partial charge in [-0.05, 0) is 31.8 Å². The number of nitrogens with one attached hydrogen (secondary N) is 1. The summed E-state index contributed by atoms with van der Waals surface area (Å²) in [7, 11) is 0. The molecule has 0 rings (SSSR count). The van der Waals surface area contributed by atoms with Crippen molar-refractivity contribution in [3.8, 4) is 0 Å². The van der Waals surface area contributed by atoms with Gasteiger partial charge in [-0.15, -0.1) is 0 Å². The maximum atomic E-state index is 3.30. The van der Waals surface area contributed by atoms with Gasteiger partial charge in [0.15, 0.2) is 0 Å². The minimum atomic E-state index is 0.848. The molecule has 0 saturated carbocycles. The van der Waals surface area contributed by atoms with Crippen molar-refractivity contribution in [2.24, 2.45) is 5.92 Å². The van der Waals surface area contributed by atoms with E-state index in [-0.39, 0.29) is 0 Å². The van der Waals surface area contributed by atoms with Crippen LogP contribution in [0.3, 0.4) is 0 Å². The first-order chi connectivity index (χ1) is 5.81. The predicted molar refractivity (Wildman–Crippen MR) is 56.4 cm³/mol. The fourth-order valence-corrected chi connectivity index (χ4v) is 0.975. The van der Waals surface area contributed by atoms with Crippen LogP contribution in [0.25, 0.3) is 0 Å². The summed E-state index contributed by atoms with van der Waals surface area (Å²) in [4.78, 5) is 0. The maximum Gasteiger partial charge on any atom is -0.00144 e. The summed E-state index contributed by atoms with van der Waals surface area (Å²) in [5.41, 5.74) is 0. The second-order valence-electron chi connectivity index (χ2n) is 3.36. The largest absolute Gasteiger partial charge is 0.317 e. The first kappa shape index (κ1) is 11.7. The van der Waals surface area contributed by atoms with E-state index in [0.29, 0.717) is 0 Å². The molecule has 1 heteroatoms. The Morgan fingerprint density at radius 2 is 2.00 bits per heavy atom. The van der Waals surface area contributed by atoms with Gasteiger partial charge in [-0.25, -0.2) is 0 Å². The van der Waals surface area contributed by atoms with Crippen molar-refractivity contribution in [3.63, 3.8) is 0 Å². The van der Waals surface area contributed by atoms with Crippen LogP contribution in [0.15, 0.2) is 12.2 Å². The van der Waals surface area contributed by atoms with Crippen LogP contribution in [0.5, 0.6) is 0 Å². The highest BCUT2D eigenvalue weighted by Gasteiger charge is 1.92. The number of hydrogen-bond acceptors (Lipinski definition) is 1. The molecule has 0 radical (unpaired) electrons. The van der Waals surface area contributed by atoms with Crippen molar-refractivity contribution in [3.05, 3.63) is 12.2 Å². The molecule has 0 fully saturated rings. The van der Waals surface area contributed by atoms with Gasteiger partial charge in [0, 0.05) is 0 Å². The van der Waals surface area contributed by atoms with E-state index in [1.807, 2.05) is 0 Å². The van der Waals surface area contributed by atoms with E-state index in [1.54, 1.807) is 0 Å². The van der Waals surface area contributed by atoms with Crippen molar-refractivity contribution >= 4 is 0 Å². The average Bonchev–Trinajstić information content (AvgIpc) is 2.10. The van der Waals surface area contributed by atoms with Crippen molar-refractivity contribution < 1.29 is 0 Å². The van der Waals surface area contributed by atoms with Gasteiger partial charge < -0.3 is 5.32 Å². The van der Waals surface area contributed by atoms with Crippen LogP contribution in [0, 0.1) is 5.92 Å². The summed E-state index contributed by atoms with van der Waals surface area (Å²) in [6, 6.07) is 0. The van der Waals surface area contributed by atoms with Crippen molar-refractivity contribution in [2.45, 2.75) is 40.0 Å². The van der Waals surface area contributed by atoms with Crippen molar-refractivity contribution in [1.29, 1.82) is 0 Å². The zero-order valence-electron chi connectivity index (χ0n) is 8.77. The van der Waals surface area contributed by atoms with Crippen LogP contribution >= 0.6 is 0 Å². The van der Waals surface area contributed by atoms with Crippen molar-refractivity contribution in [2.75, 3.05) is 13.1 Å². The molecule has 0 saturated heterocycles. The van der Waals surface area contributed by atoms with Gasteiger partial charge in [0.25, 0.3) is 0 Å². The van der Waals surface area contributed by atoms with E-state index >= 15 is 0 Å². The molecule has 0 heterocycles. The van der Waals surface area contributed by atoms with Gasteiger partial charge in [-0.2, -0.15) is 0 Å². The summed E-state index contributed by atoms with van der Waals surface area (Å²) >= 11 is 0. The summed E-state index contributed by atoms with van der Waals surface area (Å²) in [5.74, 6) is 0.848. The third-order valence-corrected chi connectivity index (χ3v) is 2.14. The fourth-order valence-electron chi connectivity index (χ4n) is 0.975. The molecule has 0 aromatic carbocycles. The van der Waals surface area contributed by atoms with Crippen LogP contribution < -0.4 is 5.32 Å². The topological polar surface area (TPSA) is 12.0 Å². The first-order valence-corrected chi connectivity index (χ1v) is 5.16. The molecule has 0 spiro atoms. The number of rotatable bonds is 7. The van der Waals surface area contributed by atoms with Crippen LogP contribution in [0.2, 0.25) is 0 Å². The molecule has 1 nitrogen and oxygen atoms in total. The summed E-state index contributed by atoms with van der Waals surface area (Å²) < 4.78 is 0. The Hall–Kier alpha value is -0.300. The quantitative estimate of drug-likeness (QED) is 0.456. The van der Waals surface area contributed by atoms with Crippen LogP contribution in [-0.4, -0.2) is 13.1 Å². The smallest absolute Gasteiger partial charge is 0.00144 e. The van der Waals surface area contributed by atoms with Gasteiger partial charge in [0.05, 0.1) is 0 Å². The van der Waals surface area contributed by atoms with Crippen LogP contribution in [0.1, 0.15) is 40.0 Å². The van der Waals surface area contributed by atoms with Gasteiger partial charge in [0.1, 0.15) is 0 Å². The first-order valence-electron chi connectivity index (χ1n) is 5.16. The SMILES string of the molecule is CCNCC/C=C/CC(C)CC. The molecule has 0 aromatic rings. The molecule has 1 atom stereocenters. The van der Waals surface area contributed by atoms with E-state index in [4.69, 9.17) is 0 Å². The number of hydrogen-bond donors (Lipinski definition) is 1. The van der Waals surface area contributed by atoms with E-state index < -0.39 is 0 Å². The highest BCUT2D eigenvalue weighted by atomic mass is 14.8. The zero-order chi connectivity index (χ0) is 9.23. The van der Waals surface area contributed by atoms with Gasteiger partial charge >= 0.3 is 0 Å². The van der Waals surface area contributed by atoms with Crippen LogP contribution in [0.4, 0.5) is 0 Å². The number of allylic oxidation sites excluding steroid dienone is 1. The minimum Gasteiger partial charge on any atom is -0.317 e. The molecule has 0 amide bonds. The Kier molecular flexibility index (Phi) is 8.57. The molecule has 1 unspecified atom stereocenters. The lowest BCUT2D eigenvalue weighted by molar-refractivity contribution is 0.571. The molecule has 0 bridgehead atoms. The molecule has 12 heavy (non-hydrogen) atoms. The fraction of sp³-hybridized carbons (Fsp3) is 0.818. The second-order valence-corrected chi connectivity index (χ2v) is 3.36. The molecule has 0 aliphatic heterocycles. The Balaban J connectivity index is 3.13. The highest BCUT2D eigenvalue weighted by molar-refractivity contribution is 4.83. The predicted octanol–water partition coefficient (Wildman–Crippen LogP) is 2.98. The molecular formula is C11H23N. The summed E-state index contributed by atoms with van der Waals surface area (Å²) in [5, 5.41) is 3.30. The Labute approximate surface area is 77.2 Å². The zero-order valence-corrected chi connectivity index (χ0v) is 8.77. The Morgan fingerprint density at radius 3 is 2.58 bits per heavy atom. The lowest BCUT2D eigenvalue weighted by Gasteiger charge is -2.02. The standard InChI is InChI=1S/C11H23N/c1-4-11(3)9-7-6-8-10-12-5-2/h6-7,11-12H,4-5,8-10H2,1-3H3/b7-6+. The maximum absolute atomic E-state index is 3.30. The molecule has 1 N–H and O–H groups in total. The average molecular weight is 169 g/mol. The molecule has 72 valence electrons. The van der Waals surface area contributed by atoms with E-state index in [2.05, 4.69) is 38.2 Å². The third kappa shape index (κ3) is 7.80. The molecular weight excluding hydrogens is 146 g/mol.